The molecule has 0 saturated heterocycles. The normalized spacial score (nSPS) is 17.1. The summed E-state index contributed by atoms with van der Waals surface area (Å²) in [6.07, 6.45) is 4.15. The SMILES string of the molecule is CNc1cc(Nc2cccn(-c3cccc(C)n3)c2=O)nc2c(C(=O)N[C@H]3C[C@H]3C)cnn12. The van der Waals surface area contributed by atoms with Crippen LogP contribution in [0, 0.1) is 12.8 Å². The van der Waals surface area contributed by atoms with Crippen LogP contribution in [-0.4, -0.2) is 43.1 Å². The lowest BCUT2D eigenvalue weighted by Gasteiger charge is -2.12. The second-order valence-electron chi connectivity index (χ2n) is 8.22. The second kappa shape index (κ2) is 8.05. The lowest BCUT2D eigenvalue weighted by atomic mass is 10.3. The predicted octanol–water partition coefficient (Wildman–Crippen LogP) is 2.51. The fourth-order valence-electron chi connectivity index (χ4n) is 3.70. The highest BCUT2D eigenvalue weighted by atomic mass is 16.2. The van der Waals surface area contributed by atoms with Gasteiger partial charge in [0.15, 0.2) is 5.65 Å². The Hall–Kier alpha value is -4.21. The van der Waals surface area contributed by atoms with Crippen LogP contribution in [0.5, 0.6) is 0 Å². The lowest BCUT2D eigenvalue weighted by Crippen LogP contribution is -2.26. The number of rotatable bonds is 6. The molecule has 1 saturated carbocycles. The number of hydrogen-bond donors (Lipinski definition) is 3. The molecular formula is C23H24N8O2. The van der Waals surface area contributed by atoms with E-state index in [1.54, 1.807) is 42.0 Å². The van der Waals surface area contributed by atoms with Crippen molar-refractivity contribution >= 4 is 28.9 Å². The van der Waals surface area contributed by atoms with Gasteiger partial charge in [0.05, 0.1) is 6.20 Å². The Bertz CT molecular complexity index is 1420. The second-order valence-corrected chi connectivity index (χ2v) is 8.22. The fourth-order valence-corrected chi connectivity index (χ4v) is 3.70. The molecule has 3 N–H and O–H groups in total. The van der Waals surface area contributed by atoms with E-state index in [-0.39, 0.29) is 17.5 Å². The third-order valence-electron chi connectivity index (χ3n) is 5.73. The van der Waals surface area contributed by atoms with Crippen molar-refractivity contribution in [3.63, 3.8) is 0 Å². The molecule has 10 heteroatoms. The highest BCUT2D eigenvalue weighted by Crippen LogP contribution is 2.29. The van der Waals surface area contributed by atoms with Gasteiger partial charge in [0.2, 0.25) is 0 Å². The molecule has 10 nitrogen and oxygen atoms in total. The molecule has 0 unspecified atom stereocenters. The summed E-state index contributed by atoms with van der Waals surface area (Å²) in [7, 11) is 1.75. The minimum Gasteiger partial charge on any atom is -0.373 e. The number of carbonyl (C=O) groups is 1. The molecular weight excluding hydrogens is 420 g/mol. The molecule has 0 aliphatic heterocycles. The number of anilines is 3. The van der Waals surface area contributed by atoms with Gasteiger partial charge in [0, 0.05) is 31.0 Å². The summed E-state index contributed by atoms with van der Waals surface area (Å²) in [6.45, 7) is 3.97. The Morgan fingerprint density at radius 2 is 2.00 bits per heavy atom. The molecule has 0 bridgehead atoms. The molecule has 1 amide bonds. The monoisotopic (exact) mass is 444 g/mol. The first kappa shape index (κ1) is 20.7. The van der Waals surface area contributed by atoms with Gasteiger partial charge in [-0.25, -0.2) is 9.97 Å². The lowest BCUT2D eigenvalue weighted by molar-refractivity contribution is 0.0951. The van der Waals surface area contributed by atoms with Crippen molar-refractivity contribution in [1.82, 2.24) is 29.5 Å². The van der Waals surface area contributed by atoms with E-state index < -0.39 is 0 Å². The minimum atomic E-state index is -0.266. The van der Waals surface area contributed by atoms with E-state index in [2.05, 4.69) is 37.9 Å². The van der Waals surface area contributed by atoms with E-state index in [9.17, 15) is 9.59 Å². The summed E-state index contributed by atoms with van der Waals surface area (Å²) in [6, 6.07) is 10.9. The average molecular weight is 444 g/mol. The van der Waals surface area contributed by atoms with E-state index in [4.69, 9.17) is 0 Å². The molecule has 0 aromatic carbocycles. The van der Waals surface area contributed by atoms with Crippen LogP contribution >= 0.6 is 0 Å². The largest absolute Gasteiger partial charge is 0.373 e. The maximum absolute atomic E-state index is 13.1. The molecule has 1 aliphatic carbocycles. The number of pyridine rings is 2. The topological polar surface area (TPSA) is 118 Å². The first-order chi connectivity index (χ1) is 15.9. The fraction of sp³-hybridized carbons (Fsp3) is 0.261. The molecule has 5 rings (SSSR count). The number of carbonyl (C=O) groups excluding carboxylic acids is 1. The zero-order valence-electron chi connectivity index (χ0n) is 18.5. The summed E-state index contributed by atoms with van der Waals surface area (Å²) in [4.78, 5) is 34.9. The van der Waals surface area contributed by atoms with E-state index in [0.29, 0.717) is 40.3 Å². The maximum Gasteiger partial charge on any atom is 0.279 e. The van der Waals surface area contributed by atoms with Gasteiger partial charge in [-0.3, -0.25) is 14.2 Å². The number of nitrogens with one attached hydrogen (secondary N) is 3. The molecule has 4 aromatic rings. The van der Waals surface area contributed by atoms with Crippen LogP contribution in [0.15, 0.2) is 53.6 Å². The maximum atomic E-state index is 13.1. The Balaban J connectivity index is 1.52. The zero-order chi connectivity index (χ0) is 23.1. The van der Waals surface area contributed by atoms with Crippen molar-refractivity contribution in [2.45, 2.75) is 26.3 Å². The Kier molecular flexibility index (Phi) is 5.04. The summed E-state index contributed by atoms with van der Waals surface area (Å²) in [5.74, 6) is 1.84. The number of nitrogens with zero attached hydrogens (tertiary/aromatic N) is 5. The minimum absolute atomic E-state index is 0.190. The first-order valence-corrected chi connectivity index (χ1v) is 10.7. The van der Waals surface area contributed by atoms with Gasteiger partial charge >= 0.3 is 0 Å². The highest BCUT2D eigenvalue weighted by molar-refractivity contribution is 6.00. The molecule has 4 aromatic heterocycles. The van der Waals surface area contributed by atoms with Crippen LogP contribution in [-0.2, 0) is 0 Å². The Morgan fingerprint density at radius 1 is 1.18 bits per heavy atom. The number of hydrogen-bond acceptors (Lipinski definition) is 7. The van der Waals surface area contributed by atoms with Gasteiger partial charge in [0.25, 0.3) is 11.5 Å². The third-order valence-corrected chi connectivity index (χ3v) is 5.73. The van der Waals surface area contributed by atoms with Gasteiger partial charge in [-0.1, -0.05) is 13.0 Å². The molecule has 1 aliphatic rings. The predicted molar refractivity (Wildman–Crippen MR) is 125 cm³/mol. The van der Waals surface area contributed by atoms with Gasteiger partial charge in [0.1, 0.15) is 28.7 Å². The van der Waals surface area contributed by atoms with Gasteiger partial charge in [-0.05, 0) is 43.5 Å². The van der Waals surface area contributed by atoms with Gasteiger partial charge in [-0.15, -0.1) is 0 Å². The van der Waals surface area contributed by atoms with Crippen molar-refractivity contribution in [3.8, 4) is 5.82 Å². The molecule has 1 fully saturated rings. The van der Waals surface area contributed by atoms with Crippen molar-refractivity contribution in [1.29, 1.82) is 0 Å². The molecule has 4 heterocycles. The Labute approximate surface area is 189 Å². The summed E-state index contributed by atoms with van der Waals surface area (Å²) < 4.78 is 3.04. The van der Waals surface area contributed by atoms with Crippen LogP contribution in [0.4, 0.5) is 17.3 Å². The van der Waals surface area contributed by atoms with Crippen molar-refractivity contribution < 1.29 is 4.79 Å². The zero-order valence-corrected chi connectivity index (χ0v) is 18.5. The number of fused-ring (bicyclic) bond motifs is 1. The van der Waals surface area contributed by atoms with E-state index >= 15 is 0 Å². The molecule has 2 atom stereocenters. The van der Waals surface area contributed by atoms with Crippen molar-refractivity contribution in [3.05, 3.63) is 70.4 Å². The number of aromatic nitrogens is 5. The molecule has 0 spiro atoms. The van der Waals surface area contributed by atoms with Crippen LogP contribution in [0.3, 0.4) is 0 Å². The van der Waals surface area contributed by atoms with Crippen molar-refractivity contribution in [2.24, 2.45) is 5.92 Å². The van der Waals surface area contributed by atoms with Crippen LogP contribution in [0.2, 0.25) is 0 Å². The van der Waals surface area contributed by atoms with Crippen LogP contribution in [0.1, 0.15) is 29.4 Å². The Morgan fingerprint density at radius 3 is 2.73 bits per heavy atom. The molecule has 0 radical (unpaired) electrons. The third kappa shape index (κ3) is 3.91. The standard InChI is InChI=1S/C23H24N8O2/c1-13-10-17(13)28-22(32)15-12-25-31-20(24-3)11-18(29-21(15)31)27-16-7-5-9-30(23(16)33)19-8-4-6-14(2)26-19/h4-9,11-13,17,24H,10H2,1-3H3,(H,27,29)(H,28,32)/t13-,17+/m1/s1. The summed E-state index contributed by atoms with van der Waals surface area (Å²) >= 11 is 0. The first-order valence-electron chi connectivity index (χ1n) is 10.7. The number of aryl methyl sites for hydroxylation is 1. The van der Waals surface area contributed by atoms with Crippen LogP contribution in [0.25, 0.3) is 11.5 Å². The van der Waals surface area contributed by atoms with Gasteiger partial charge < -0.3 is 16.0 Å². The molecule has 33 heavy (non-hydrogen) atoms. The molecule has 168 valence electrons. The highest BCUT2D eigenvalue weighted by Gasteiger charge is 2.34. The van der Waals surface area contributed by atoms with E-state index in [0.717, 1.165) is 12.1 Å². The number of amides is 1. The average Bonchev–Trinajstić information content (AvgIpc) is 3.31. The summed E-state index contributed by atoms with van der Waals surface area (Å²) in [5, 5.41) is 13.5. The van der Waals surface area contributed by atoms with Crippen LogP contribution < -0.4 is 21.5 Å². The smallest absolute Gasteiger partial charge is 0.279 e. The summed E-state index contributed by atoms with van der Waals surface area (Å²) in [5.41, 5.74) is 1.65. The quantitative estimate of drug-likeness (QED) is 0.418. The van der Waals surface area contributed by atoms with Gasteiger partial charge in [-0.2, -0.15) is 9.61 Å². The van der Waals surface area contributed by atoms with E-state index in [1.165, 1.54) is 10.8 Å². The van der Waals surface area contributed by atoms with Crippen molar-refractivity contribution in [2.75, 3.05) is 17.7 Å². The van der Waals surface area contributed by atoms with E-state index in [1.807, 2.05) is 19.1 Å².